The Labute approximate surface area is 156 Å². The Kier molecular flexibility index (Phi) is 5.09. The molecule has 1 aliphatic carbocycles. The van der Waals surface area contributed by atoms with Gasteiger partial charge in [-0.05, 0) is 40.5 Å². The second-order valence-corrected chi connectivity index (χ2v) is 8.36. The van der Waals surface area contributed by atoms with Crippen LogP contribution in [0.2, 0.25) is 0 Å². The van der Waals surface area contributed by atoms with Gasteiger partial charge in [0, 0.05) is 31.8 Å². The number of carbonyl (C=O) groups is 1. The fourth-order valence-electron chi connectivity index (χ4n) is 3.50. The van der Waals surface area contributed by atoms with Gasteiger partial charge in [0.15, 0.2) is 0 Å². The van der Waals surface area contributed by atoms with Crippen molar-refractivity contribution < 1.29 is 18.8 Å². The minimum Gasteiger partial charge on any atom is -0.443 e. The third-order valence-electron chi connectivity index (χ3n) is 6.09. The maximum absolute atomic E-state index is 12.4. The Balaban J connectivity index is 1.68. The van der Waals surface area contributed by atoms with Gasteiger partial charge in [0.2, 0.25) is 0 Å². The van der Waals surface area contributed by atoms with E-state index >= 15 is 0 Å². The summed E-state index contributed by atoms with van der Waals surface area (Å²) in [5.41, 5.74) is 0.744. The molecule has 1 amide bonds. The molecule has 8 heteroatoms. The van der Waals surface area contributed by atoms with Gasteiger partial charge in [-0.3, -0.25) is 4.68 Å². The zero-order valence-electron chi connectivity index (χ0n) is 16.7. The molecule has 7 nitrogen and oxygen atoms in total. The van der Waals surface area contributed by atoms with Crippen LogP contribution in [0, 0.1) is 0 Å². The van der Waals surface area contributed by atoms with Gasteiger partial charge in [0.05, 0.1) is 16.9 Å². The largest absolute Gasteiger partial charge is 0.498 e. The highest BCUT2D eigenvalue weighted by atomic mass is 16.7. The Bertz CT molecular complexity index is 651. The standard InChI is InChI=1S/C18H30BN3O4/c1-17(2)18(3,4)26-19(25-17)14-11-20-22(6)15(14)12-24-16(23)21(5)13-9-7-8-10-13/h11,13H,7-10,12H2,1-6H3. The first-order valence-corrected chi connectivity index (χ1v) is 9.38. The molecular weight excluding hydrogens is 333 g/mol. The van der Waals surface area contributed by atoms with Crippen LogP contribution in [0.5, 0.6) is 0 Å². The van der Waals surface area contributed by atoms with Crippen molar-refractivity contribution in [1.82, 2.24) is 14.7 Å². The van der Waals surface area contributed by atoms with E-state index in [0.29, 0.717) is 0 Å². The minimum atomic E-state index is -0.519. The van der Waals surface area contributed by atoms with Gasteiger partial charge in [0.25, 0.3) is 0 Å². The summed E-state index contributed by atoms with van der Waals surface area (Å²) in [6.07, 6.45) is 5.89. The van der Waals surface area contributed by atoms with E-state index in [1.807, 2.05) is 41.8 Å². The van der Waals surface area contributed by atoms with Crippen molar-refractivity contribution in [2.24, 2.45) is 7.05 Å². The second-order valence-electron chi connectivity index (χ2n) is 8.36. The van der Waals surface area contributed by atoms with Gasteiger partial charge < -0.3 is 18.9 Å². The van der Waals surface area contributed by atoms with Crippen LogP contribution in [0.1, 0.15) is 59.1 Å². The van der Waals surface area contributed by atoms with Crippen molar-refractivity contribution in [2.75, 3.05) is 7.05 Å². The van der Waals surface area contributed by atoms with E-state index in [1.165, 1.54) is 12.8 Å². The summed E-state index contributed by atoms with van der Waals surface area (Å²) in [5, 5.41) is 4.31. The lowest BCUT2D eigenvalue weighted by Crippen LogP contribution is -2.41. The molecule has 1 saturated carbocycles. The van der Waals surface area contributed by atoms with Crippen LogP contribution in [-0.4, -0.2) is 52.2 Å². The number of amides is 1. The van der Waals surface area contributed by atoms with Crippen molar-refractivity contribution in [1.29, 1.82) is 0 Å². The first-order valence-electron chi connectivity index (χ1n) is 9.38. The zero-order chi connectivity index (χ0) is 19.1. The Hall–Kier alpha value is -1.54. The quantitative estimate of drug-likeness (QED) is 0.768. The number of carbonyl (C=O) groups excluding carboxylic acids is 1. The van der Waals surface area contributed by atoms with Crippen LogP contribution in [0.4, 0.5) is 4.79 Å². The first-order chi connectivity index (χ1) is 12.1. The lowest BCUT2D eigenvalue weighted by atomic mass is 9.79. The van der Waals surface area contributed by atoms with Gasteiger partial charge in [-0.15, -0.1) is 0 Å². The maximum Gasteiger partial charge on any atom is 0.498 e. The molecule has 26 heavy (non-hydrogen) atoms. The van der Waals surface area contributed by atoms with Gasteiger partial charge in [-0.2, -0.15) is 5.10 Å². The molecule has 3 rings (SSSR count). The number of nitrogens with zero attached hydrogens (tertiary/aromatic N) is 3. The molecule has 0 atom stereocenters. The van der Waals surface area contributed by atoms with E-state index in [1.54, 1.807) is 15.8 Å². The van der Waals surface area contributed by atoms with E-state index < -0.39 is 18.3 Å². The van der Waals surface area contributed by atoms with Crippen LogP contribution >= 0.6 is 0 Å². The second kappa shape index (κ2) is 6.89. The number of rotatable bonds is 4. The lowest BCUT2D eigenvalue weighted by Gasteiger charge is -2.32. The first kappa shape index (κ1) is 19.2. The highest BCUT2D eigenvalue weighted by Gasteiger charge is 2.52. The van der Waals surface area contributed by atoms with Crippen molar-refractivity contribution >= 4 is 18.7 Å². The van der Waals surface area contributed by atoms with Gasteiger partial charge in [0.1, 0.15) is 6.61 Å². The van der Waals surface area contributed by atoms with Crippen molar-refractivity contribution in [2.45, 2.75) is 77.2 Å². The number of hydrogen-bond donors (Lipinski definition) is 0. The van der Waals surface area contributed by atoms with Crippen LogP contribution in [0.15, 0.2) is 6.20 Å². The third-order valence-corrected chi connectivity index (χ3v) is 6.09. The molecule has 1 saturated heterocycles. The number of hydrogen-bond acceptors (Lipinski definition) is 5. The van der Waals surface area contributed by atoms with Crippen molar-refractivity contribution in [3.8, 4) is 0 Å². The van der Waals surface area contributed by atoms with E-state index in [4.69, 9.17) is 14.0 Å². The summed E-state index contributed by atoms with van der Waals surface area (Å²) in [6, 6.07) is 0.289. The topological polar surface area (TPSA) is 65.8 Å². The monoisotopic (exact) mass is 363 g/mol. The summed E-state index contributed by atoms with van der Waals surface area (Å²) >= 11 is 0. The fraction of sp³-hybridized carbons (Fsp3) is 0.778. The number of ether oxygens (including phenoxy) is 1. The predicted molar refractivity (Wildman–Crippen MR) is 99.1 cm³/mol. The van der Waals surface area contributed by atoms with E-state index in [9.17, 15) is 4.79 Å². The average molecular weight is 363 g/mol. The SMILES string of the molecule is CN(C(=O)OCc1c(B2OC(C)(C)C(C)(C)O2)cnn1C)C1CCCC1. The lowest BCUT2D eigenvalue weighted by molar-refractivity contribution is 0.00578. The molecule has 0 N–H and O–H groups in total. The van der Waals surface area contributed by atoms with E-state index in [2.05, 4.69) is 5.10 Å². The van der Waals surface area contributed by atoms with Crippen molar-refractivity contribution in [3.05, 3.63) is 11.9 Å². The molecule has 1 aromatic heterocycles. The highest BCUT2D eigenvalue weighted by Crippen LogP contribution is 2.36. The molecule has 2 aliphatic rings. The molecule has 1 aromatic rings. The minimum absolute atomic E-state index is 0.145. The molecule has 144 valence electrons. The van der Waals surface area contributed by atoms with E-state index in [0.717, 1.165) is 24.0 Å². The molecule has 2 fully saturated rings. The van der Waals surface area contributed by atoms with E-state index in [-0.39, 0.29) is 18.7 Å². The van der Waals surface area contributed by atoms with Crippen LogP contribution in [0.25, 0.3) is 0 Å². The fourth-order valence-corrected chi connectivity index (χ4v) is 3.50. The van der Waals surface area contributed by atoms with Crippen LogP contribution < -0.4 is 5.46 Å². The summed E-state index contributed by atoms with van der Waals surface area (Å²) in [5.74, 6) is 0. The summed E-state index contributed by atoms with van der Waals surface area (Å²) in [6.45, 7) is 8.20. The number of aromatic nitrogens is 2. The molecule has 0 bridgehead atoms. The van der Waals surface area contributed by atoms with Gasteiger partial charge in [-0.25, -0.2) is 4.79 Å². The highest BCUT2D eigenvalue weighted by molar-refractivity contribution is 6.62. The van der Waals surface area contributed by atoms with Crippen LogP contribution in [-0.2, 0) is 27.7 Å². The molecule has 1 aliphatic heterocycles. The smallest absolute Gasteiger partial charge is 0.443 e. The van der Waals surface area contributed by atoms with Gasteiger partial charge >= 0.3 is 13.2 Å². The Morgan fingerprint density at radius 3 is 2.46 bits per heavy atom. The Morgan fingerprint density at radius 1 is 1.31 bits per heavy atom. The third kappa shape index (κ3) is 3.49. The molecule has 0 spiro atoms. The average Bonchev–Trinajstić information content (AvgIpc) is 3.24. The summed E-state index contributed by atoms with van der Waals surface area (Å²) in [7, 11) is 3.13. The normalized spacial score (nSPS) is 22.0. The summed E-state index contributed by atoms with van der Waals surface area (Å²) in [4.78, 5) is 14.1. The maximum atomic E-state index is 12.4. The Morgan fingerprint density at radius 2 is 1.88 bits per heavy atom. The zero-order valence-corrected chi connectivity index (χ0v) is 16.7. The number of aryl methyl sites for hydroxylation is 1. The van der Waals surface area contributed by atoms with Gasteiger partial charge in [-0.1, -0.05) is 12.8 Å². The van der Waals surface area contributed by atoms with Crippen molar-refractivity contribution in [3.63, 3.8) is 0 Å². The van der Waals surface area contributed by atoms with Crippen LogP contribution in [0.3, 0.4) is 0 Å². The molecule has 0 radical (unpaired) electrons. The summed E-state index contributed by atoms with van der Waals surface area (Å²) < 4.78 is 19.5. The molecule has 0 unspecified atom stereocenters. The predicted octanol–water partition coefficient (Wildman–Crippen LogP) is 2.23. The molecule has 2 heterocycles. The molecular formula is C18H30BN3O4. The molecule has 0 aromatic carbocycles.